The van der Waals surface area contributed by atoms with Gasteiger partial charge in [0.2, 0.25) is 6.23 Å². The second-order valence-electron chi connectivity index (χ2n) is 6.81. The van der Waals surface area contributed by atoms with Gasteiger partial charge in [-0.15, -0.1) is 0 Å². The van der Waals surface area contributed by atoms with Crippen molar-refractivity contribution < 1.29 is 9.47 Å². The third-order valence-corrected chi connectivity index (χ3v) is 5.66. The number of nitrogens with zero attached hydrogens (tertiary/aromatic N) is 3. The summed E-state index contributed by atoms with van der Waals surface area (Å²) in [5.74, 6) is 1.74. The maximum Gasteiger partial charge on any atom is 0.213 e. The predicted molar refractivity (Wildman–Crippen MR) is 110 cm³/mol. The summed E-state index contributed by atoms with van der Waals surface area (Å²) in [4.78, 5) is 4.13. The molecule has 28 heavy (non-hydrogen) atoms. The zero-order valence-corrected chi connectivity index (χ0v) is 16.8. The molecule has 3 heterocycles. The van der Waals surface area contributed by atoms with Crippen LogP contribution in [0.1, 0.15) is 35.4 Å². The first-order chi connectivity index (χ1) is 13.7. The van der Waals surface area contributed by atoms with E-state index in [1.165, 1.54) is 0 Å². The predicted octanol–water partition coefficient (Wildman–Crippen LogP) is 5.10. The highest BCUT2D eigenvalue weighted by molar-refractivity contribution is 9.10. The van der Waals surface area contributed by atoms with E-state index < -0.39 is 0 Å². The Kier molecular flexibility index (Phi) is 4.28. The SMILES string of the molecule is COc1ccc(C2=NN3[C@@H](c4ccncc4)Oc4ccc(Br)cc4[C@@H]3C2)cc1. The summed E-state index contributed by atoms with van der Waals surface area (Å²) in [6.07, 6.45) is 4.11. The van der Waals surface area contributed by atoms with E-state index in [9.17, 15) is 0 Å². The van der Waals surface area contributed by atoms with Crippen LogP contribution in [0, 0.1) is 0 Å². The highest BCUT2D eigenvalue weighted by Crippen LogP contribution is 2.48. The molecule has 2 atom stereocenters. The average molecular weight is 436 g/mol. The fraction of sp³-hybridized carbons (Fsp3) is 0.182. The van der Waals surface area contributed by atoms with Crippen LogP contribution < -0.4 is 9.47 Å². The van der Waals surface area contributed by atoms with Crippen LogP contribution in [0.25, 0.3) is 0 Å². The summed E-state index contributed by atoms with van der Waals surface area (Å²) in [7, 11) is 1.67. The lowest BCUT2D eigenvalue weighted by molar-refractivity contribution is -0.0191. The Morgan fingerprint density at radius 1 is 1.07 bits per heavy atom. The molecule has 0 radical (unpaired) electrons. The van der Waals surface area contributed by atoms with Crippen LogP contribution in [0.15, 0.2) is 76.6 Å². The number of pyridine rings is 1. The molecule has 0 amide bonds. The van der Waals surface area contributed by atoms with E-state index in [4.69, 9.17) is 14.6 Å². The Balaban J connectivity index is 1.57. The van der Waals surface area contributed by atoms with E-state index in [2.05, 4.69) is 44.1 Å². The van der Waals surface area contributed by atoms with Crippen LogP contribution >= 0.6 is 15.9 Å². The number of fused-ring (bicyclic) bond motifs is 3. The third-order valence-electron chi connectivity index (χ3n) is 5.17. The largest absolute Gasteiger partial charge is 0.497 e. The number of hydrogen-bond acceptors (Lipinski definition) is 5. The Morgan fingerprint density at radius 3 is 2.61 bits per heavy atom. The van der Waals surface area contributed by atoms with E-state index >= 15 is 0 Å². The van der Waals surface area contributed by atoms with Crippen molar-refractivity contribution in [3.05, 3.63) is 88.2 Å². The molecule has 6 heteroatoms. The number of ether oxygens (including phenoxy) is 2. The molecule has 0 fully saturated rings. The molecule has 1 aromatic heterocycles. The first kappa shape index (κ1) is 17.3. The Bertz CT molecular complexity index is 1040. The van der Waals surface area contributed by atoms with Crippen molar-refractivity contribution in [3.63, 3.8) is 0 Å². The van der Waals surface area contributed by atoms with E-state index in [1.807, 2.05) is 36.4 Å². The Hall–Kier alpha value is -2.86. The summed E-state index contributed by atoms with van der Waals surface area (Å²) in [6, 6.07) is 18.3. The van der Waals surface area contributed by atoms with E-state index in [0.717, 1.165) is 44.8 Å². The quantitative estimate of drug-likeness (QED) is 0.574. The van der Waals surface area contributed by atoms with Gasteiger partial charge in [-0.2, -0.15) is 5.10 Å². The molecule has 0 bridgehead atoms. The average Bonchev–Trinajstić information content (AvgIpc) is 3.20. The minimum absolute atomic E-state index is 0.122. The molecule has 5 nitrogen and oxygen atoms in total. The summed E-state index contributed by atoms with van der Waals surface area (Å²) in [6.45, 7) is 0. The van der Waals surface area contributed by atoms with Crippen LogP contribution in [0.2, 0.25) is 0 Å². The van der Waals surface area contributed by atoms with Gasteiger partial charge in [0.1, 0.15) is 11.5 Å². The maximum atomic E-state index is 6.36. The van der Waals surface area contributed by atoms with Gasteiger partial charge in [-0.25, -0.2) is 5.01 Å². The molecule has 0 unspecified atom stereocenters. The van der Waals surface area contributed by atoms with Crippen molar-refractivity contribution in [2.24, 2.45) is 5.10 Å². The molecule has 0 saturated carbocycles. The minimum Gasteiger partial charge on any atom is -0.497 e. The molecule has 0 saturated heterocycles. The molecular weight excluding hydrogens is 418 g/mol. The fourth-order valence-corrected chi connectivity index (χ4v) is 4.14. The van der Waals surface area contributed by atoms with Crippen molar-refractivity contribution in [2.45, 2.75) is 18.7 Å². The Labute approximate surface area is 171 Å². The molecule has 5 rings (SSSR count). The number of methoxy groups -OCH3 is 1. The van der Waals surface area contributed by atoms with Crippen molar-refractivity contribution in [3.8, 4) is 11.5 Å². The van der Waals surface area contributed by atoms with Gasteiger partial charge in [-0.3, -0.25) is 4.98 Å². The van der Waals surface area contributed by atoms with Crippen LogP contribution in [0.3, 0.4) is 0 Å². The van der Waals surface area contributed by atoms with Gasteiger partial charge in [0.25, 0.3) is 0 Å². The van der Waals surface area contributed by atoms with Crippen molar-refractivity contribution in [2.75, 3.05) is 7.11 Å². The first-order valence-corrected chi connectivity index (χ1v) is 9.88. The second kappa shape index (κ2) is 6.95. The van der Waals surface area contributed by atoms with Gasteiger partial charge < -0.3 is 9.47 Å². The van der Waals surface area contributed by atoms with Gasteiger partial charge in [-0.05, 0) is 60.2 Å². The number of hydrazone groups is 1. The lowest BCUT2D eigenvalue weighted by Crippen LogP contribution is -2.33. The third kappa shape index (κ3) is 2.94. The second-order valence-corrected chi connectivity index (χ2v) is 7.72. The van der Waals surface area contributed by atoms with Crippen LogP contribution in [0.5, 0.6) is 11.5 Å². The molecule has 0 aliphatic carbocycles. The van der Waals surface area contributed by atoms with Gasteiger partial charge in [0.15, 0.2) is 0 Å². The van der Waals surface area contributed by atoms with Gasteiger partial charge in [-0.1, -0.05) is 15.9 Å². The number of halogens is 1. The lowest BCUT2D eigenvalue weighted by atomic mass is 9.96. The lowest BCUT2D eigenvalue weighted by Gasteiger charge is -2.38. The molecule has 0 spiro atoms. The van der Waals surface area contributed by atoms with Crippen LogP contribution in [0.4, 0.5) is 0 Å². The van der Waals surface area contributed by atoms with Crippen LogP contribution in [-0.4, -0.2) is 22.8 Å². The molecule has 3 aromatic rings. The monoisotopic (exact) mass is 435 g/mol. The number of aromatic nitrogens is 1. The number of hydrogen-bond donors (Lipinski definition) is 0. The molecule has 2 aliphatic heterocycles. The standard InChI is InChI=1S/C22H18BrN3O2/c1-27-17-5-2-14(3-6-17)19-13-20-18-12-16(23)4-7-21(18)28-22(26(20)25-19)15-8-10-24-11-9-15/h2-12,20,22H,13H2,1H3/t20-,22+/m0/s1. The zero-order valence-electron chi connectivity index (χ0n) is 15.2. The summed E-state index contributed by atoms with van der Waals surface area (Å²) in [5.41, 5.74) is 4.32. The van der Waals surface area contributed by atoms with E-state index in [1.54, 1.807) is 19.5 Å². The maximum absolute atomic E-state index is 6.36. The highest BCUT2D eigenvalue weighted by atomic mass is 79.9. The van der Waals surface area contributed by atoms with Gasteiger partial charge in [0, 0.05) is 34.4 Å². The fourth-order valence-electron chi connectivity index (χ4n) is 3.76. The molecule has 0 N–H and O–H groups in total. The first-order valence-electron chi connectivity index (χ1n) is 9.09. The topological polar surface area (TPSA) is 47.0 Å². The van der Waals surface area contributed by atoms with Gasteiger partial charge in [0.05, 0.1) is 18.9 Å². The molecular formula is C22H18BrN3O2. The molecule has 2 aromatic carbocycles. The highest BCUT2D eigenvalue weighted by Gasteiger charge is 2.41. The summed E-state index contributed by atoms with van der Waals surface area (Å²) >= 11 is 3.59. The van der Waals surface area contributed by atoms with E-state index in [0.29, 0.717) is 0 Å². The number of rotatable bonds is 3. The van der Waals surface area contributed by atoms with E-state index in [-0.39, 0.29) is 12.3 Å². The van der Waals surface area contributed by atoms with Crippen LogP contribution in [-0.2, 0) is 0 Å². The normalized spacial score (nSPS) is 20.1. The van der Waals surface area contributed by atoms with Gasteiger partial charge >= 0.3 is 0 Å². The minimum atomic E-state index is -0.280. The molecule has 2 aliphatic rings. The zero-order chi connectivity index (χ0) is 19.1. The van der Waals surface area contributed by atoms with Crippen molar-refractivity contribution in [1.82, 2.24) is 9.99 Å². The smallest absolute Gasteiger partial charge is 0.213 e. The van der Waals surface area contributed by atoms with Crippen molar-refractivity contribution in [1.29, 1.82) is 0 Å². The number of benzene rings is 2. The summed E-state index contributed by atoms with van der Waals surface area (Å²) in [5, 5.41) is 7.04. The Morgan fingerprint density at radius 2 is 1.86 bits per heavy atom. The van der Waals surface area contributed by atoms with Crippen molar-refractivity contribution >= 4 is 21.6 Å². The summed E-state index contributed by atoms with van der Waals surface area (Å²) < 4.78 is 12.7. The molecule has 140 valence electrons.